The average molecular weight is 378 g/mol. The maximum atomic E-state index is 11.7. The summed E-state index contributed by atoms with van der Waals surface area (Å²) >= 11 is 1.62. The molecule has 8 nitrogen and oxygen atoms in total. The Balaban J connectivity index is 1.64. The Labute approximate surface area is 157 Å². The molecule has 1 saturated heterocycles. The summed E-state index contributed by atoms with van der Waals surface area (Å²) in [4.78, 5) is 26.4. The Bertz CT molecular complexity index is 757. The topological polar surface area (TPSA) is 91.3 Å². The zero-order valence-corrected chi connectivity index (χ0v) is 16.4. The maximum absolute atomic E-state index is 11.7. The minimum atomic E-state index is -0.621. The molecule has 2 aromatic rings. The number of guanidine groups is 1. The molecule has 0 atom stereocenters. The van der Waals surface area contributed by atoms with Gasteiger partial charge < -0.3 is 16.0 Å². The van der Waals surface area contributed by atoms with E-state index < -0.39 is 5.54 Å². The summed E-state index contributed by atoms with van der Waals surface area (Å²) in [5.74, 6) is 0.603. The minimum absolute atomic E-state index is 0.286. The SMILES string of the molecule is CCNC(=NCc1cn2ccsc2n1)N1CCN(C(C)(C)C(N)=O)CC1. The Hall–Kier alpha value is -2.13. The Morgan fingerprint density at radius 2 is 2.12 bits per heavy atom. The van der Waals surface area contributed by atoms with Crippen molar-refractivity contribution in [3.05, 3.63) is 23.5 Å². The van der Waals surface area contributed by atoms with E-state index in [9.17, 15) is 4.79 Å². The molecule has 26 heavy (non-hydrogen) atoms. The van der Waals surface area contributed by atoms with Crippen LogP contribution in [0.3, 0.4) is 0 Å². The zero-order chi connectivity index (χ0) is 18.7. The van der Waals surface area contributed by atoms with E-state index in [1.807, 2.05) is 36.0 Å². The highest BCUT2D eigenvalue weighted by Gasteiger charge is 2.35. The van der Waals surface area contributed by atoms with Crippen LogP contribution in [0.1, 0.15) is 26.5 Å². The number of amides is 1. The van der Waals surface area contributed by atoms with Gasteiger partial charge in [0, 0.05) is 50.5 Å². The largest absolute Gasteiger partial charge is 0.368 e. The molecule has 9 heteroatoms. The molecule has 0 aliphatic carbocycles. The highest BCUT2D eigenvalue weighted by Crippen LogP contribution is 2.17. The van der Waals surface area contributed by atoms with Crippen LogP contribution in [0.15, 0.2) is 22.8 Å². The number of aromatic nitrogens is 2. The monoisotopic (exact) mass is 377 g/mol. The van der Waals surface area contributed by atoms with Gasteiger partial charge in [0.2, 0.25) is 5.91 Å². The average Bonchev–Trinajstić information content (AvgIpc) is 3.20. The van der Waals surface area contributed by atoms with Gasteiger partial charge in [-0.15, -0.1) is 11.3 Å². The van der Waals surface area contributed by atoms with Crippen molar-refractivity contribution in [1.29, 1.82) is 0 Å². The van der Waals surface area contributed by atoms with Gasteiger partial charge in [-0.3, -0.25) is 14.1 Å². The number of fused-ring (bicyclic) bond motifs is 1. The third-order valence-corrected chi connectivity index (χ3v) is 5.61. The number of piperazine rings is 1. The van der Waals surface area contributed by atoms with E-state index in [1.165, 1.54) is 0 Å². The van der Waals surface area contributed by atoms with Crippen molar-refractivity contribution in [1.82, 2.24) is 24.5 Å². The second kappa shape index (κ2) is 7.63. The first-order chi connectivity index (χ1) is 12.4. The normalized spacial score (nSPS) is 17.0. The van der Waals surface area contributed by atoms with Crippen molar-refractivity contribution in [3.63, 3.8) is 0 Å². The van der Waals surface area contributed by atoms with Crippen molar-refractivity contribution >= 4 is 28.2 Å². The van der Waals surface area contributed by atoms with Crippen LogP contribution in [0, 0.1) is 0 Å². The lowest BCUT2D eigenvalue weighted by Crippen LogP contribution is -2.61. The smallest absolute Gasteiger partial charge is 0.237 e. The van der Waals surface area contributed by atoms with Crippen LogP contribution < -0.4 is 11.1 Å². The van der Waals surface area contributed by atoms with Gasteiger partial charge in [-0.1, -0.05) is 0 Å². The van der Waals surface area contributed by atoms with Gasteiger partial charge >= 0.3 is 0 Å². The first kappa shape index (κ1) is 18.7. The number of nitrogens with zero attached hydrogens (tertiary/aromatic N) is 5. The summed E-state index contributed by atoms with van der Waals surface area (Å²) in [6.45, 7) is 10.4. The van der Waals surface area contributed by atoms with E-state index in [0.29, 0.717) is 6.54 Å². The zero-order valence-electron chi connectivity index (χ0n) is 15.6. The first-order valence-corrected chi connectivity index (χ1v) is 9.79. The predicted molar refractivity (Wildman–Crippen MR) is 104 cm³/mol. The van der Waals surface area contributed by atoms with Gasteiger partial charge in [0.1, 0.15) is 0 Å². The van der Waals surface area contributed by atoms with E-state index in [1.54, 1.807) is 11.3 Å². The quantitative estimate of drug-likeness (QED) is 0.592. The minimum Gasteiger partial charge on any atom is -0.368 e. The molecule has 0 spiro atoms. The fraction of sp³-hybridized carbons (Fsp3) is 0.588. The predicted octanol–water partition coefficient (Wildman–Crippen LogP) is 0.743. The second-order valence-corrected chi connectivity index (χ2v) is 7.77. The van der Waals surface area contributed by atoms with Crippen molar-refractivity contribution in [2.24, 2.45) is 10.7 Å². The van der Waals surface area contributed by atoms with E-state index in [0.717, 1.165) is 49.3 Å². The maximum Gasteiger partial charge on any atom is 0.237 e. The van der Waals surface area contributed by atoms with Crippen LogP contribution in [-0.4, -0.2) is 69.3 Å². The summed E-state index contributed by atoms with van der Waals surface area (Å²) in [5, 5.41) is 5.38. The molecule has 0 aromatic carbocycles. The van der Waals surface area contributed by atoms with Crippen LogP contribution in [0.2, 0.25) is 0 Å². The number of rotatable bonds is 5. The van der Waals surface area contributed by atoms with E-state index in [-0.39, 0.29) is 5.91 Å². The first-order valence-electron chi connectivity index (χ1n) is 8.91. The van der Waals surface area contributed by atoms with Gasteiger partial charge in [0.25, 0.3) is 0 Å². The molecule has 0 bridgehead atoms. The molecule has 142 valence electrons. The molecule has 2 aromatic heterocycles. The van der Waals surface area contributed by atoms with Gasteiger partial charge in [-0.2, -0.15) is 0 Å². The molecule has 0 radical (unpaired) electrons. The molecule has 0 saturated carbocycles. The fourth-order valence-electron chi connectivity index (χ4n) is 3.07. The molecule has 3 heterocycles. The summed E-state index contributed by atoms with van der Waals surface area (Å²) in [5.41, 5.74) is 5.88. The fourth-order valence-corrected chi connectivity index (χ4v) is 3.79. The number of primary amides is 1. The second-order valence-electron chi connectivity index (χ2n) is 6.89. The summed E-state index contributed by atoms with van der Waals surface area (Å²) in [6, 6.07) is 0. The molecule has 1 aliphatic heterocycles. The van der Waals surface area contributed by atoms with Crippen molar-refractivity contribution in [2.75, 3.05) is 32.7 Å². The third kappa shape index (κ3) is 3.83. The highest BCUT2D eigenvalue weighted by atomic mass is 32.1. The Kier molecular flexibility index (Phi) is 5.47. The number of carbonyl (C=O) groups is 1. The van der Waals surface area contributed by atoms with Gasteiger partial charge in [-0.25, -0.2) is 9.98 Å². The summed E-state index contributed by atoms with van der Waals surface area (Å²) in [7, 11) is 0. The summed E-state index contributed by atoms with van der Waals surface area (Å²) < 4.78 is 2.02. The standard InChI is InChI=1S/C17H27N7OS/c1-4-19-15(20-11-13-12-23-9-10-26-16(23)21-13)22-5-7-24(8-6-22)17(2,3)14(18)25/h9-10,12H,4-8,11H2,1-3H3,(H2,18,25)(H,19,20). The van der Waals surface area contributed by atoms with Crippen LogP contribution in [-0.2, 0) is 11.3 Å². The number of nitrogens with one attached hydrogen (secondary N) is 1. The van der Waals surface area contributed by atoms with Gasteiger partial charge in [-0.05, 0) is 20.8 Å². The molecule has 1 aliphatic rings. The number of hydrogen-bond donors (Lipinski definition) is 2. The lowest BCUT2D eigenvalue weighted by molar-refractivity contribution is -0.129. The van der Waals surface area contributed by atoms with Gasteiger partial charge in [0.05, 0.1) is 17.8 Å². The van der Waals surface area contributed by atoms with Gasteiger partial charge in [0.15, 0.2) is 10.9 Å². The van der Waals surface area contributed by atoms with Crippen LogP contribution in [0.5, 0.6) is 0 Å². The van der Waals surface area contributed by atoms with Crippen molar-refractivity contribution in [3.8, 4) is 0 Å². The number of thiazole rings is 1. The number of nitrogens with two attached hydrogens (primary N) is 1. The number of aliphatic imine (C=N–C) groups is 1. The number of hydrogen-bond acceptors (Lipinski definition) is 5. The Morgan fingerprint density at radius 3 is 2.73 bits per heavy atom. The highest BCUT2D eigenvalue weighted by molar-refractivity contribution is 7.15. The van der Waals surface area contributed by atoms with E-state index in [2.05, 4.69) is 27.0 Å². The van der Waals surface area contributed by atoms with E-state index in [4.69, 9.17) is 10.7 Å². The lowest BCUT2D eigenvalue weighted by atomic mass is 10.0. The molecule has 0 unspecified atom stereocenters. The van der Waals surface area contributed by atoms with Crippen LogP contribution in [0.25, 0.3) is 4.96 Å². The molecular weight excluding hydrogens is 350 g/mol. The molecule has 1 amide bonds. The molecular formula is C17H27N7OS. The lowest BCUT2D eigenvalue weighted by Gasteiger charge is -2.43. The number of imidazole rings is 1. The van der Waals surface area contributed by atoms with Crippen LogP contribution in [0.4, 0.5) is 0 Å². The Morgan fingerprint density at radius 1 is 1.38 bits per heavy atom. The van der Waals surface area contributed by atoms with Crippen molar-refractivity contribution < 1.29 is 4.79 Å². The summed E-state index contributed by atoms with van der Waals surface area (Å²) in [6.07, 6.45) is 4.03. The number of carbonyl (C=O) groups excluding carboxylic acids is 1. The molecule has 3 rings (SSSR count). The molecule has 3 N–H and O–H groups in total. The van der Waals surface area contributed by atoms with E-state index >= 15 is 0 Å². The molecule has 1 fully saturated rings. The van der Waals surface area contributed by atoms with Crippen molar-refractivity contribution in [2.45, 2.75) is 32.9 Å². The van der Waals surface area contributed by atoms with Crippen LogP contribution >= 0.6 is 11.3 Å². The third-order valence-electron chi connectivity index (χ3n) is 4.84.